The molecule has 0 aliphatic heterocycles. The van der Waals surface area contributed by atoms with Crippen molar-refractivity contribution < 1.29 is 9.53 Å². The first kappa shape index (κ1) is 11.1. The molecule has 1 radical (unpaired) electrons. The van der Waals surface area contributed by atoms with Gasteiger partial charge in [0, 0.05) is 35.1 Å². The van der Waals surface area contributed by atoms with Crippen molar-refractivity contribution in [2.75, 3.05) is 7.11 Å². The van der Waals surface area contributed by atoms with E-state index in [1.54, 1.807) is 6.92 Å². The summed E-state index contributed by atoms with van der Waals surface area (Å²) in [6, 6.07) is 0. The Labute approximate surface area is 71.2 Å². The molecule has 0 aromatic carbocycles. The summed E-state index contributed by atoms with van der Waals surface area (Å²) in [7, 11) is 1.33. The molecule has 0 spiro atoms. The van der Waals surface area contributed by atoms with Crippen LogP contribution in [0.25, 0.3) is 0 Å². The zero-order chi connectivity index (χ0) is 5.86. The quantitative estimate of drug-likeness (QED) is 0.286. The third-order valence-corrected chi connectivity index (χ3v) is 0.534. The monoisotopic (exact) mass is 123 g/mol. The summed E-state index contributed by atoms with van der Waals surface area (Å²) >= 11 is 0. The molecule has 0 fully saturated rings. The molecule has 0 atom stereocenters. The fourth-order valence-corrected chi connectivity index (χ4v) is 0.174. The Morgan fingerprint density at radius 1 is 1.62 bits per heavy atom. The molecule has 3 heteroatoms. The predicted molar refractivity (Wildman–Crippen MR) is 32.6 cm³/mol. The first-order chi connectivity index (χ1) is 3.18. The number of carbonyl (C=O) groups excluding carboxylic acids is 1. The minimum absolute atomic E-state index is 0. The molecule has 0 N–H and O–H groups in total. The minimum Gasteiger partial charge on any atom is -0.466 e. The zero-order valence-corrected chi connectivity index (χ0v) is 7.52. The van der Waals surface area contributed by atoms with E-state index >= 15 is 0 Å². The fourth-order valence-electron chi connectivity index (χ4n) is 0.174. The first-order valence-electron chi connectivity index (χ1n) is 1.92. The smallest absolute Gasteiger partial charge is 0.332 e. The summed E-state index contributed by atoms with van der Waals surface area (Å²) in [5, 5.41) is 0. The third-order valence-electron chi connectivity index (χ3n) is 0.534. The van der Waals surface area contributed by atoms with Crippen molar-refractivity contribution >= 4 is 35.5 Å². The van der Waals surface area contributed by atoms with Gasteiger partial charge < -0.3 is 4.74 Å². The van der Waals surface area contributed by atoms with Gasteiger partial charge in [0.05, 0.1) is 7.11 Å². The minimum atomic E-state index is -0.347. The first-order valence-corrected chi connectivity index (χ1v) is 1.92. The van der Waals surface area contributed by atoms with E-state index in [1.807, 2.05) is 0 Å². The Balaban J connectivity index is 0. The molecule has 0 saturated heterocycles. The van der Waals surface area contributed by atoms with Gasteiger partial charge in [-0.1, -0.05) is 6.58 Å². The number of ether oxygens (including phenoxy) is 1. The Hall–Kier alpha value is 0.210. The maximum Gasteiger partial charge on any atom is 0.332 e. The van der Waals surface area contributed by atoms with Gasteiger partial charge in [-0.15, -0.1) is 0 Å². The predicted octanol–water partition coefficient (Wildman–Crippen LogP) is 0.355. The molecule has 0 aliphatic rings. The topological polar surface area (TPSA) is 26.3 Å². The van der Waals surface area contributed by atoms with Gasteiger partial charge >= 0.3 is 5.97 Å². The van der Waals surface area contributed by atoms with Gasteiger partial charge in [0.15, 0.2) is 0 Å². The molecule has 8 heavy (non-hydrogen) atoms. The molecule has 0 aromatic heterocycles. The normalized spacial score (nSPS) is 6.75. The SMILES string of the molecule is C=C(C)C(=O)OC.[Na]. The summed E-state index contributed by atoms with van der Waals surface area (Å²) < 4.78 is 4.27. The van der Waals surface area contributed by atoms with Crippen LogP contribution in [-0.2, 0) is 9.53 Å². The zero-order valence-electron chi connectivity index (χ0n) is 5.52. The van der Waals surface area contributed by atoms with E-state index in [-0.39, 0.29) is 35.5 Å². The number of methoxy groups -OCH3 is 1. The molecular weight excluding hydrogens is 115 g/mol. The van der Waals surface area contributed by atoms with Crippen molar-refractivity contribution in [3.63, 3.8) is 0 Å². The van der Waals surface area contributed by atoms with E-state index < -0.39 is 0 Å². The molecule has 0 bridgehead atoms. The van der Waals surface area contributed by atoms with Crippen LogP contribution < -0.4 is 0 Å². The maximum atomic E-state index is 10.2. The summed E-state index contributed by atoms with van der Waals surface area (Å²) in [5.74, 6) is -0.347. The summed E-state index contributed by atoms with van der Waals surface area (Å²) in [6.45, 7) is 4.95. The Morgan fingerprint density at radius 3 is 2.00 bits per heavy atom. The van der Waals surface area contributed by atoms with Gasteiger partial charge in [0.2, 0.25) is 0 Å². The largest absolute Gasteiger partial charge is 0.466 e. The molecular formula is C5H8NaO2. The number of hydrogen-bond donors (Lipinski definition) is 0. The molecule has 2 nitrogen and oxygen atoms in total. The second kappa shape index (κ2) is 5.35. The Morgan fingerprint density at radius 2 is 2.00 bits per heavy atom. The number of esters is 1. The molecule has 0 aromatic rings. The van der Waals surface area contributed by atoms with E-state index in [0.717, 1.165) is 0 Å². The van der Waals surface area contributed by atoms with Gasteiger partial charge in [0.1, 0.15) is 0 Å². The molecule has 0 heterocycles. The second-order valence-corrected chi connectivity index (χ2v) is 1.27. The maximum absolute atomic E-state index is 10.2. The average molecular weight is 123 g/mol. The molecule has 0 amide bonds. The van der Waals surface area contributed by atoms with Crippen LogP contribution in [0.3, 0.4) is 0 Å². The Kier molecular flexibility index (Phi) is 7.40. The van der Waals surface area contributed by atoms with Crippen LogP contribution in [-0.4, -0.2) is 42.6 Å². The second-order valence-electron chi connectivity index (χ2n) is 1.27. The number of carbonyl (C=O) groups is 1. The number of rotatable bonds is 1. The van der Waals surface area contributed by atoms with E-state index in [2.05, 4.69) is 11.3 Å². The summed E-state index contributed by atoms with van der Waals surface area (Å²) in [4.78, 5) is 10.2. The molecule has 0 rings (SSSR count). The van der Waals surface area contributed by atoms with Crippen LogP contribution in [0.4, 0.5) is 0 Å². The van der Waals surface area contributed by atoms with Crippen molar-refractivity contribution in [2.45, 2.75) is 6.92 Å². The van der Waals surface area contributed by atoms with Gasteiger partial charge in [-0.3, -0.25) is 0 Å². The van der Waals surface area contributed by atoms with E-state index in [4.69, 9.17) is 0 Å². The molecule has 41 valence electrons. The van der Waals surface area contributed by atoms with Crippen molar-refractivity contribution in [3.8, 4) is 0 Å². The van der Waals surface area contributed by atoms with Crippen molar-refractivity contribution in [2.24, 2.45) is 0 Å². The van der Waals surface area contributed by atoms with Crippen LogP contribution in [0, 0.1) is 0 Å². The molecule has 0 aliphatic carbocycles. The van der Waals surface area contributed by atoms with Gasteiger partial charge in [-0.2, -0.15) is 0 Å². The number of hydrogen-bond acceptors (Lipinski definition) is 2. The Bertz CT molecular complexity index is 98.6. The standard InChI is InChI=1S/C5H8O2.Na/c1-4(2)5(6)7-3;/h1H2,2-3H3;. The van der Waals surface area contributed by atoms with Crippen LogP contribution in [0.2, 0.25) is 0 Å². The molecule has 0 unspecified atom stereocenters. The van der Waals surface area contributed by atoms with Crippen LogP contribution >= 0.6 is 0 Å². The molecule has 0 saturated carbocycles. The van der Waals surface area contributed by atoms with Crippen molar-refractivity contribution in [1.29, 1.82) is 0 Å². The van der Waals surface area contributed by atoms with E-state index in [9.17, 15) is 4.79 Å². The van der Waals surface area contributed by atoms with Crippen molar-refractivity contribution in [1.82, 2.24) is 0 Å². The van der Waals surface area contributed by atoms with Crippen LogP contribution in [0.5, 0.6) is 0 Å². The summed E-state index contributed by atoms with van der Waals surface area (Å²) in [6.07, 6.45) is 0. The van der Waals surface area contributed by atoms with Crippen LogP contribution in [0.1, 0.15) is 6.92 Å². The summed E-state index contributed by atoms with van der Waals surface area (Å²) in [5.41, 5.74) is 0.433. The third kappa shape index (κ3) is 4.37. The van der Waals surface area contributed by atoms with Crippen molar-refractivity contribution in [3.05, 3.63) is 12.2 Å². The van der Waals surface area contributed by atoms with E-state index in [1.165, 1.54) is 7.11 Å². The van der Waals surface area contributed by atoms with Gasteiger partial charge in [-0.25, -0.2) is 4.79 Å². The average Bonchev–Trinajstić information content (AvgIpc) is 1.65. The van der Waals surface area contributed by atoms with Gasteiger partial charge in [0.25, 0.3) is 0 Å². The van der Waals surface area contributed by atoms with Crippen LogP contribution in [0.15, 0.2) is 12.2 Å². The van der Waals surface area contributed by atoms with E-state index in [0.29, 0.717) is 5.57 Å². The van der Waals surface area contributed by atoms with Gasteiger partial charge in [-0.05, 0) is 6.92 Å². The fraction of sp³-hybridized carbons (Fsp3) is 0.400.